The Hall–Kier alpha value is -2.85. The van der Waals surface area contributed by atoms with Crippen LogP contribution >= 0.6 is 0 Å². The van der Waals surface area contributed by atoms with Crippen LogP contribution in [0.5, 0.6) is 0 Å². The molecule has 0 amide bonds. The number of nitrogens with zero attached hydrogens (tertiary/aromatic N) is 2. The first kappa shape index (κ1) is 18.5. The molecule has 10 heteroatoms. The Morgan fingerprint density at radius 1 is 1.39 bits per heavy atom. The fourth-order valence-electron chi connectivity index (χ4n) is 3.65. The van der Waals surface area contributed by atoms with Crippen molar-refractivity contribution >= 4 is 28.3 Å². The number of rotatable bonds is 5. The van der Waals surface area contributed by atoms with Crippen molar-refractivity contribution in [3.63, 3.8) is 0 Å². The smallest absolute Gasteiger partial charge is 0.341 e. The number of hydrogen-bond acceptors (Lipinski definition) is 6. The maximum atomic E-state index is 15.5. The Morgan fingerprint density at radius 2 is 2.11 bits per heavy atom. The number of aromatic nitrogens is 1. The van der Waals surface area contributed by atoms with Crippen LogP contribution < -0.4 is 15.8 Å². The number of nitrogens with one attached hydrogen (secondary N) is 2. The molecule has 2 heterocycles. The first-order chi connectivity index (χ1) is 13.3. The van der Waals surface area contributed by atoms with E-state index in [-0.39, 0.29) is 41.4 Å². The normalized spacial score (nSPS) is 19.6. The number of hydrogen-bond donors (Lipinski definition) is 3. The van der Waals surface area contributed by atoms with Crippen LogP contribution in [0.2, 0.25) is 0 Å². The van der Waals surface area contributed by atoms with Gasteiger partial charge in [-0.2, -0.15) is 5.48 Å². The van der Waals surface area contributed by atoms with Gasteiger partial charge in [0.2, 0.25) is 5.43 Å². The minimum absolute atomic E-state index is 0.00123. The number of carbonyl (C=O) groups is 1. The summed E-state index contributed by atoms with van der Waals surface area (Å²) in [5.41, 5.74) is 0.936. The van der Waals surface area contributed by atoms with E-state index in [1.807, 2.05) is 0 Å². The van der Waals surface area contributed by atoms with Crippen molar-refractivity contribution in [2.75, 3.05) is 25.1 Å². The Kier molecular flexibility index (Phi) is 4.39. The van der Waals surface area contributed by atoms with E-state index in [0.717, 1.165) is 25.1 Å². The van der Waals surface area contributed by atoms with Gasteiger partial charge in [0, 0.05) is 24.5 Å². The average molecular weight is 392 g/mol. The molecule has 28 heavy (non-hydrogen) atoms. The van der Waals surface area contributed by atoms with Crippen molar-refractivity contribution in [1.82, 2.24) is 10.0 Å². The average Bonchev–Trinajstić information content (AvgIpc) is 3.41. The molecule has 2 fully saturated rings. The van der Waals surface area contributed by atoms with Gasteiger partial charge in [0.25, 0.3) is 0 Å². The zero-order chi connectivity index (χ0) is 20.2. The molecular weight excluding hydrogens is 374 g/mol. The molecule has 1 aromatic heterocycles. The van der Waals surface area contributed by atoms with E-state index in [2.05, 4.69) is 5.48 Å². The highest BCUT2D eigenvalue weighted by molar-refractivity contribution is 5.97. The molecule has 0 bridgehead atoms. The lowest BCUT2D eigenvalue weighted by Gasteiger charge is -2.22. The predicted molar refractivity (Wildman–Crippen MR) is 97.2 cm³/mol. The quantitative estimate of drug-likeness (QED) is 0.668. The molecule has 1 saturated heterocycles. The zero-order valence-electron chi connectivity index (χ0n) is 15.0. The number of pyridine rings is 1. The highest BCUT2D eigenvalue weighted by Gasteiger charge is 2.34. The van der Waals surface area contributed by atoms with Gasteiger partial charge in [-0.25, -0.2) is 13.6 Å². The number of benzene rings is 1. The van der Waals surface area contributed by atoms with Crippen LogP contribution in [0.3, 0.4) is 0 Å². The zero-order valence-corrected chi connectivity index (χ0v) is 15.0. The minimum Gasteiger partial charge on any atom is -0.477 e. The number of fused-ring (bicyclic) bond motifs is 1. The molecule has 1 unspecified atom stereocenters. The predicted octanol–water partition coefficient (Wildman–Crippen LogP) is 1.67. The van der Waals surface area contributed by atoms with Crippen molar-refractivity contribution in [2.24, 2.45) is 0 Å². The largest absolute Gasteiger partial charge is 0.477 e. The van der Waals surface area contributed by atoms with Crippen LogP contribution in [-0.2, 0) is 4.84 Å². The van der Waals surface area contributed by atoms with Gasteiger partial charge in [-0.05, 0) is 18.9 Å². The Morgan fingerprint density at radius 3 is 2.71 bits per heavy atom. The monoisotopic (exact) mass is 392 g/mol. The summed E-state index contributed by atoms with van der Waals surface area (Å²) >= 11 is 0. The first-order valence-electron chi connectivity index (χ1n) is 8.74. The molecule has 1 saturated carbocycles. The molecule has 1 atom stereocenters. The molecule has 0 spiro atoms. The molecule has 8 nitrogen and oxygen atoms in total. The molecule has 1 aliphatic heterocycles. The summed E-state index contributed by atoms with van der Waals surface area (Å²) in [7, 11) is 1.39. The number of aromatic carboxylic acids is 1. The van der Waals surface area contributed by atoms with Gasteiger partial charge in [-0.1, -0.05) is 0 Å². The van der Waals surface area contributed by atoms with Crippen molar-refractivity contribution in [3.05, 3.63) is 39.7 Å². The Bertz CT molecular complexity index is 1060. The second kappa shape index (κ2) is 6.64. The fraction of sp³-hybridized carbons (Fsp3) is 0.389. The second-order valence-corrected chi connectivity index (χ2v) is 7.01. The van der Waals surface area contributed by atoms with Gasteiger partial charge in [-0.15, -0.1) is 0 Å². The maximum absolute atomic E-state index is 15.5. The van der Waals surface area contributed by atoms with Crippen LogP contribution in [0.25, 0.3) is 10.9 Å². The summed E-state index contributed by atoms with van der Waals surface area (Å²) < 4.78 is 31.7. The lowest BCUT2D eigenvalue weighted by atomic mass is 10.1. The van der Waals surface area contributed by atoms with Crippen LogP contribution in [0, 0.1) is 17.0 Å². The summed E-state index contributed by atoms with van der Waals surface area (Å²) in [4.78, 5) is 30.1. The topological polar surface area (TPSA) is 108 Å². The number of carboxylic acids is 1. The van der Waals surface area contributed by atoms with E-state index in [4.69, 9.17) is 10.2 Å². The number of halogens is 2. The van der Waals surface area contributed by atoms with Gasteiger partial charge >= 0.3 is 5.97 Å². The van der Waals surface area contributed by atoms with Crippen molar-refractivity contribution in [1.29, 1.82) is 5.41 Å². The summed E-state index contributed by atoms with van der Waals surface area (Å²) in [6.45, 7) is 0.119. The molecule has 2 aliphatic rings. The van der Waals surface area contributed by atoms with Crippen LogP contribution in [0.15, 0.2) is 17.1 Å². The van der Waals surface area contributed by atoms with Gasteiger partial charge in [0.15, 0.2) is 5.82 Å². The van der Waals surface area contributed by atoms with E-state index in [1.165, 1.54) is 16.6 Å². The van der Waals surface area contributed by atoms with E-state index in [9.17, 15) is 19.1 Å². The highest BCUT2D eigenvalue weighted by atomic mass is 19.1. The summed E-state index contributed by atoms with van der Waals surface area (Å²) in [6, 6.07) is 0.246. The van der Waals surface area contributed by atoms with Crippen LogP contribution in [0.4, 0.5) is 14.5 Å². The molecule has 3 N–H and O–H groups in total. The third-order valence-corrected chi connectivity index (χ3v) is 5.12. The first-order valence-corrected chi connectivity index (χ1v) is 8.74. The van der Waals surface area contributed by atoms with Gasteiger partial charge in [-0.3, -0.25) is 4.79 Å². The lowest BCUT2D eigenvalue weighted by molar-refractivity contribution is 0.0694. The molecule has 1 aliphatic carbocycles. The number of hydroxylamine groups is 1. The van der Waals surface area contributed by atoms with Gasteiger partial charge in [0.1, 0.15) is 17.1 Å². The molecule has 0 radical (unpaired) electrons. The lowest BCUT2D eigenvalue weighted by Crippen LogP contribution is -2.35. The number of anilines is 1. The van der Waals surface area contributed by atoms with E-state index in [0.29, 0.717) is 0 Å². The molecule has 1 aromatic carbocycles. The standard InChI is InChI=1S/C18H18F2N4O4/c1-28-22-13-7-23(6-12(13)21)16-11(19)4-9-15(14(16)20)24(8-2-3-8)5-10(17(9)25)18(26)27/h4-5,8,13,21-22H,2-3,6-7H2,1H3,(H,26,27). The molecule has 4 rings (SSSR count). The van der Waals surface area contributed by atoms with E-state index in [1.54, 1.807) is 0 Å². The SMILES string of the molecule is CONC1CN(c2c(F)cc3c(=O)c(C(=O)O)cn(C4CC4)c3c2F)CC1=N. The van der Waals surface area contributed by atoms with Crippen molar-refractivity contribution in [2.45, 2.75) is 24.9 Å². The highest BCUT2D eigenvalue weighted by Crippen LogP contribution is 2.39. The molecular formula is C18H18F2N4O4. The molecule has 2 aromatic rings. The molecule has 148 valence electrons. The van der Waals surface area contributed by atoms with E-state index >= 15 is 4.39 Å². The third-order valence-electron chi connectivity index (χ3n) is 5.12. The number of carboxylic acid groups (broad SMARTS) is 1. The Balaban J connectivity index is 1.92. The summed E-state index contributed by atoms with van der Waals surface area (Å²) in [5, 5.41) is 16.9. The van der Waals surface area contributed by atoms with Crippen LogP contribution in [-0.4, -0.2) is 47.6 Å². The van der Waals surface area contributed by atoms with Crippen molar-refractivity contribution < 1.29 is 23.5 Å². The Labute approximate surface area is 157 Å². The third kappa shape index (κ3) is 2.85. The summed E-state index contributed by atoms with van der Waals surface area (Å²) in [5.74, 6) is -3.34. The van der Waals surface area contributed by atoms with Crippen LogP contribution in [0.1, 0.15) is 29.2 Å². The van der Waals surface area contributed by atoms with Gasteiger partial charge in [0.05, 0.1) is 30.6 Å². The maximum Gasteiger partial charge on any atom is 0.341 e. The minimum atomic E-state index is -1.44. The fourth-order valence-corrected chi connectivity index (χ4v) is 3.65. The van der Waals surface area contributed by atoms with Gasteiger partial charge < -0.3 is 24.8 Å². The summed E-state index contributed by atoms with van der Waals surface area (Å²) in [6.07, 6.45) is 2.57. The van der Waals surface area contributed by atoms with Crippen molar-refractivity contribution in [3.8, 4) is 0 Å². The second-order valence-electron chi connectivity index (χ2n) is 7.01. The van der Waals surface area contributed by atoms with E-state index < -0.39 is 34.6 Å².